The molecule has 0 bridgehead atoms. The monoisotopic (exact) mass is 309 g/mol. The van der Waals surface area contributed by atoms with E-state index in [-0.39, 0.29) is 18.8 Å². The highest BCUT2D eigenvalue weighted by Gasteiger charge is 2.35. The summed E-state index contributed by atoms with van der Waals surface area (Å²) in [6.45, 7) is 3.85. The molecular weight excluding hydrogens is 286 g/mol. The first-order chi connectivity index (χ1) is 10.4. The van der Waals surface area contributed by atoms with Gasteiger partial charge in [0.05, 0.1) is 12.7 Å². The second-order valence-electron chi connectivity index (χ2n) is 5.83. The number of aliphatic hydroxyl groups is 2. The predicted molar refractivity (Wildman–Crippen MR) is 82.2 cm³/mol. The maximum atomic E-state index is 12.0. The number of ether oxygens (including phenoxy) is 1. The van der Waals surface area contributed by atoms with Crippen molar-refractivity contribution in [2.75, 3.05) is 12.3 Å². The number of allylic oxidation sites excluding steroid dienone is 2. The number of nitrogens with two attached hydrogens (primary N) is 1. The average molecular weight is 309 g/mol. The van der Waals surface area contributed by atoms with Crippen LogP contribution >= 0.6 is 0 Å². The summed E-state index contributed by atoms with van der Waals surface area (Å²) < 4.78 is 6.82. The van der Waals surface area contributed by atoms with Crippen molar-refractivity contribution in [1.29, 1.82) is 0 Å². The van der Waals surface area contributed by atoms with Crippen LogP contribution in [0, 0.1) is 5.92 Å². The van der Waals surface area contributed by atoms with Crippen LogP contribution in [-0.2, 0) is 11.2 Å². The molecule has 0 amide bonds. The second-order valence-corrected chi connectivity index (χ2v) is 5.83. The Morgan fingerprint density at radius 3 is 2.91 bits per heavy atom. The Morgan fingerprint density at radius 1 is 1.59 bits per heavy atom. The first-order valence-electron chi connectivity index (χ1n) is 7.41. The van der Waals surface area contributed by atoms with Crippen molar-refractivity contribution in [1.82, 2.24) is 9.55 Å². The van der Waals surface area contributed by atoms with Gasteiger partial charge >= 0.3 is 5.69 Å². The van der Waals surface area contributed by atoms with Gasteiger partial charge in [-0.3, -0.25) is 4.57 Å². The van der Waals surface area contributed by atoms with Crippen molar-refractivity contribution in [3.8, 4) is 0 Å². The molecule has 0 unspecified atom stereocenters. The summed E-state index contributed by atoms with van der Waals surface area (Å²) >= 11 is 0. The minimum absolute atomic E-state index is 0.201. The number of aliphatic hydroxyl groups excluding tert-OH is 2. The van der Waals surface area contributed by atoms with E-state index in [1.807, 2.05) is 12.2 Å². The SMILES string of the molecule is CC(C)/C=C/Cc1cn([C@H]2C[C@H](O)[C@@H](CO)O2)c(=O)nc1N. The molecular formula is C15H23N3O4. The largest absolute Gasteiger partial charge is 0.394 e. The number of aromatic nitrogens is 2. The van der Waals surface area contributed by atoms with Gasteiger partial charge in [-0.2, -0.15) is 4.98 Å². The van der Waals surface area contributed by atoms with Crippen molar-refractivity contribution >= 4 is 5.82 Å². The summed E-state index contributed by atoms with van der Waals surface area (Å²) in [5.74, 6) is 0.630. The van der Waals surface area contributed by atoms with Gasteiger partial charge in [-0.1, -0.05) is 26.0 Å². The van der Waals surface area contributed by atoms with E-state index < -0.39 is 24.1 Å². The van der Waals surface area contributed by atoms with Crippen LogP contribution in [0.5, 0.6) is 0 Å². The molecule has 1 fully saturated rings. The molecule has 0 radical (unpaired) electrons. The Kier molecular flexibility index (Phi) is 5.33. The first kappa shape index (κ1) is 16.7. The van der Waals surface area contributed by atoms with Crippen LogP contribution in [0.1, 0.15) is 32.1 Å². The molecule has 2 rings (SSSR count). The fraction of sp³-hybridized carbons (Fsp3) is 0.600. The zero-order valence-corrected chi connectivity index (χ0v) is 12.8. The molecule has 1 saturated heterocycles. The molecule has 0 aliphatic carbocycles. The summed E-state index contributed by atoms with van der Waals surface area (Å²) in [5, 5.41) is 18.9. The van der Waals surface area contributed by atoms with Crippen LogP contribution in [0.2, 0.25) is 0 Å². The molecule has 7 heteroatoms. The van der Waals surface area contributed by atoms with Gasteiger partial charge < -0.3 is 20.7 Å². The molecule has 1 aliphatic rings. The van der Waals surface area contributed by atoms with Gasteiger partial charge in [0.15, 0.2) is 0 Å². The molecule has 7 nitrogen and oxygen atoms in total. The summed E-state index contributed by atoms with van der Waals surface area (Å²) in [5.41, 5.74) is 6.00. The normalized spacial score (nSPS) is 25.4. The molecule has 1 aromatic rings. The van der Waals surface area contributed by atoms with Gasteiger partial charge in [0.25, 0.3) is 0 Å². The molecule has 2 heterocycles. The van der Waals surface area contributed by atoms with E-state index in [2.05, 4.69) is 18.8 Å². The van der Waals surface area contributed by atoms with Gasteiger partial charge in [-0.15, -0.1) is 0 Å². The van der Waals surface area contributed by atoms with E-state index in [1.165, 1.54) is 4.57 Å². The summed E-state index contributed by atoms with van der Waals surface area (Å²) in [4.78, 5) is 15.8. The van der Waals surface area contributed by atoms with Gasteiger partial charge in [0.2, 0.25) is 0 Å². The van der Waals surface area contributed by atoms with Crippen LogP contribution in [0.4, 0.5) is 5.82 Å². The molecule has 0 saturated carbocycles. The third-order valence-corrected chi connectivity index (χ3v) is 3.61. The summed E-state index contributed by atoms with van der Waals surface area (Å²) in [6.07, 6.45) is 4.32. The van der Waals surface area contributed by atoms with Gasteiger partial charge in [0.1, 0.15) is 18.1 Å². The number of nitrogens with zero attached hydrogens (tertiary/aromatic N) is 2. The summed E-state index contributed by atoms with van der Waals surface area (Å²) in [7, 11) is 0. The fourth-order valence-corrected chi connectivity index (χ4v) is 2.40. The smallest absolute Gasteiger partial charge is 0.351 e. The first-order valence-corrected chi connectivity index (χ1v) is 7.41. The van der Waals surface area contributed by atoms with E-state index in [4.69, 9.17) is 15.6 Å². The number of anilines is 1. The average Bonchev–Trinajstić information content (AvgIpc) is 2.81. The van der Waals surface area contributed by atoms with Crippen LogP contribution in [0.25, 0.3) is 0 Å². The molecule has 22 heavy (non-hydrogen) atoms. The Hall–Kier alpha value is -1.70. The Balaban J connectivity index is 2.23. The number of hydrogen-bond acceptors (Lipinski definition) is 6. The predicted octanol–water partition coefficient (Wildman–Crippen LogP) is 0.221. The third kappa shape index (κ3) is 3.73. The number of nitrogen functional groups attached to an aromatic ring is 1. The van der Waals surface area contributed by atoms with Crippen molar-refractivity contribution in [2.45, 2.75) is 45.1 Å². The fourth-order valence-electron chi connectivity index (χ4n) is 2.40. The second kappa shape index (κ2) is 7.04. The zero-order chi connectivity index (χ0) is 16.3. The zero-order valence-electron chi connectivity index (χ0n) is 12.8. The van der Waals surface area contributed by atoms with Crippen molar-refractivity contribution < 1.29 is 14.9 Å². The quantitative estimate of drug-likeness (QED) is 0.671. The van der Waals surface area contributed by atoms with Crippen LogP contribution in [-0.4, -0.2) is 38.6 Å². The van der Waals surface area contributed by atoms with Gasteiger partial charge in [0, 0.05) is 18.2 Å². The van der Waals surface area contributed by atoms with Crippen molar-refractivity contribution in [3.63, 3.8) is 0 Å². The van der Waals surface area contributed by atoms with E-state index in [0.29, 0.717) is 12.3 Å². The van der Waals surface area contributed by atoms with Crippen LogP contribution in [0.3, 0.4) is 0 Å². The van der Waals surface area contributed by atoms with Crippen molar-refractivity contribution in [3.05, 3.63) is 34.4 Å². The van der Waals surface area contributed by atoms with Crippen LogP contribution < -0.4 is 11.4 Å². The standard InChI is InChI=1S/C15H23N3O4/c1-9(2)4-3-5-10-7-18(15(21)17-14(10)16)13-6-11(20)12(8-19)22-13/h3-4,7,9,11-13,19-20H,5-6,8H2,1-2H3,(H2,16,17,21)/b4-3+/t11-,12+,13+/m0/s1. The van der Waals surface area contributed by atoms with E-state index >= 15 is 0 Å². The minimum atomic E-state index is -0.802. The number of rotatable bonds is 5. The Labute approximate surface area is 129 Å². The van der Waals surface area contributed by atoms with E-state index in [0.717, 1.165) is 5.56 Å². The van der Waals surface area contributed by atoms with Gasteiger partial charge in [-0.25, -0.2) is 4.79 Å². The highest BCUT2D eigenvalue weighted by Crippen LogP contribution is 2.27. The van der Waals surface area contributed by atoms with Gasteiger partial charge in [-0.05, 0) is 12.3 Å². The molecule has 1 aromatic heterocycles. The molecule has 3 atom stereocenters. The Bertz CT molecular complexity index is 597. The highest BCUT2D eigenvalue weighted by molar-refractivity contribution is 5.38. The maximum Gasteiger partial charge on any atom is 0.351 e. The third-order valence-electron chi connectivity index (χ3n) is 3.61. The van der Waals surface area contributed by atoms with E-state index in [9.17, 15) is 9.90 Å². The number of hydrogen-bond donors (Lipinski definition) is 3. The topological polar surface area (TPSA) is 111 Å². The molecule has 0 aromatic carbocycles. The molecule has 0 spiro atoms. The molecule has 1 aliphatic heterocycles. The van der Waals surface area contributed by atoms with E-state index in [1.54, 1.807) is 6.20 Å². The van der Waals surface area contributed by atoms with Crippen molar-refractivity contribution in [2.24, 2.45) is 5.92 Å². The summed E-state index contributed by atoms with van der Waals surface area (Å²) in [6, 6.07) is 0. The maximum absolute atomic E-state index is 12.0. The lowest BCUT2D eigenvalue weighted by Gasteiger charge is -2.16. The molecule has 4 N–H and O–H groups in total. The lowest BCUT2D eigenvalue weighted by Crippen LogP contribution is -2.29. The minimum Gasteiger partial charge on any atom is -0.394 e. The highest BCUT2D eigenvalue weighted by atomic mass is 16.5. The lowest BCUT2D eigenvalue weighted by molar-refractivity contribution is -0.0459. The molecule has 122 valence electrons. The lowest BCUT2D eigenvalue weighted by atomic mass is 10.1. The van der Waals surface area contributed by atoms with Crippen LogP contribution in [0.15, 0.2) is 23.1 Å². The Morgan fingerprint density at radius 2 is 2.32 bits per heavy atom.